The molecule has 0 spiro atoms. The highest BCUT2D eigenvalue weighted by atomic mass is 19.4. The Morgan fingerprint density at radius 3 is 2.16 bits per heavy atom. The van der Waals surface area contributed by atoms with E-state index in [-0.39, 0.29) is 28.4 Å². The van der Waals surface area contributed by atoms with E-state index in [0.717, 1.165) is 12.1 Å². The molecule has 0 radical (unpaired) electrons. The molecule has 0 aliphatic carbocycles. The van der Waals surface area contributed by atoms with Crippen molar-refractivity contribution in [1.29, 1.82) is 0 Å². The lowest BCUT2D eigenvalue weighted by Crippen LogP contribution is -2.26. The molecule has 1 aliphatic heterocycles. The SMILES string of the molecule is O=C(O)c1ccc(-c2cccc(NN=C3C(=O)N(c4ccc(C(F)(F)F)cc4)c4ccccc43)c2O)cc1. The fourth-order valence-corrected chi connectivity index (χ4v) is 4.14. The Morgan fingerprint density at radius 1 is 0.842 bits per heavy atom. The van der Waals surface area contributed by atoms with Gasteiger partial charge in [0, 0.05) is 16.8 Å². The molecule has 10 heteroatoms. The smallest absolute Gasteiger partial charge is 0.416 e. The van der Waals surface area contributed by atoms with Crippen molar-refractivity contribution >= 4 is 34.7 Å². The predicted molar refractivity (Wildman–Crippen MR) is 136 cm³/mol. The van der Waals surface area contributed by atoms with Crippen molar-refractivity contribution in [2.75, 3.05) is 10.3 Å². The number of anilines is 3. The second-order valence-electron chi connectivity index (χ2n) is 8.36. The summed E-state index contributed by atoms with van der Waals surface area (Å²) in [5, 5.41) is 24.2. The largest absolute Gasteiger partial charge is 0.505 e. The Balaban J connectivity index is 1.46. The number of fused-ring (bicyclic) bond motifs is 1. The molecular formula is C28H18F3N3O4. The molecule has 4 aromatic rings. The highest BCUT2D eigenvalue weighted by molar-refractivity contribution is 6.55. The molecule has 1 amide bonds. The second-order valence-corrected chi connectivity index (χ2v) is 8.36. The average Bonchev–Trinajstić information content (AvgIpc) is 3.18. The van der Waals surface area contributed by atoms with Crippen LogP contribution in [-0.2, 0) is 11.0 Å². The van der Waals surface area contributed by atoms with Crippen molar-refractivity contribution in [2.24, 2.45) is 5.10 Å². The van der Waals surface area contributed by atoms with E-state index in [0.29, 0.717) is 22.4 Å². The first kappa shape index (κ1) is 24.6. The molecular weight excluding hydrogens is 499 g/mol. The first-order chi connectivity index (χ1) is 18.1. The number of aromatic carboxylic acids is 1. The van der Waals surface area contributed by atoms with Gasteiger partial charge in [-0.1, -0.05) is 42.5 Å². The molecule has 0 bridgehead atoms. The second kappa shape index (κ2) is 9.40. The first-order valence-electron chi connectivity index (χ1n) is 11.3. The number of carboxylic acids is 1. The van der Waals surface area contributed by atoms with Crippen LogP contribution in [-0.4, -0.2) is 27.8 Å². The Hall–Kier alpha value is -5.12. The first-order valence-corrected chi connectivity index (χ1v) is 11.3. The van der Waals surface area contributed by atoms with E-state index in [9.17, 15) is 27.9 Å². The molecule has 190 valence electrons. The van der Waals surface area contributed by atoms with E-state index < -0.39 is 23.6 Å². The average molecular weight is 517 g/mol. The van der Waals surface area contributed by atoms with Gasteiger partial charge in [-0.25, -0.2) is 4.79 Å². The van der Waals surface area contributed by atoms with E-state index in [1.54, 1.807) is 54.6 Å². The monoisotopic (exact) mass is 517 g/mol. The summed E-state index contributed by atoms with van der Waals surface area (Å²) < 4.78 is 39.0. The summed E-state index contributed by atoms with van der Waals surface area (Å²) in [5.74, 6) is -1.80. The minimum atomic E-state index is -4.50. The van der Waals surface area contributed by atoms with Crippen molar-refractivity contribution in [1.82, 2.24) is 0 Å². The van der Waals surface area contributed by atoms with Crippen LogP contribution in [0.5, 0.6) is 5.75 Å². The van der Waals surface area contributed by atoms with E-state index in [1.165, 1.54) is 29.2 Å². The predicted octanol–water partition coefficient (Wildman–Crippen LogP) is 6.27. The van der Waals surface area contributed by atoms with Gasteiger partial charge in [0.1, 0.15) is 5.75 Å². The summed E-state index contributed by atoms with van der Waals surface area (Å²) in [6, 6.07) is 21.8. The van der Waals surface area contributed by atoms with Crippen LogP contribution >= 0.6 is 0 Å². The topological polar surface area (TPSA) is 102 Å². The number of aromatic hydroxyl groups is 1. The number of hydrogen-bond donors (Lipinski definition) is 3. The number of carbonyl (C=O) groups excluding carboxylic acids is 1. The third-order valence-electron chi connectivity index (χ3n) is 6.03. The van der Waals surface area contributed by atoms with E-state index in [4.69, 9.17) is 5.11 Å². The molecule has 0 saturated carbocycles. The van der Waals surface area contributed by atoms with Crippen LogP contribution in [0.2, 0.25) is 0 Å². The molecule has 5 rings (SSSR count). The van der Waals surface area contributed by atoms with Crippen LogP contribution in [0.15, 0.2) is 96.1 Å². The number of rotatable bonds is 5. The van der Waals surface area contributed by atoms with Gasteiger partial charge in [-0.15, -0.1) is 0 Å². The normalized spacial score (nSPS) is 14.0. The molecule has 4 aromatic carbocycles. The fraction of sp³-hybridized carbons (Fsp3) is 0.0357. The molecule has 1 aliphatic rings. The van der Waals surface area contributed by atoms with Gasteiger partial charge < -0.3 is 10.2 Å². The highest BCUT2D eigenvalue weighted by Crippen LogP contribution is 2.39. The maximum atomic E-state index is 13.3. The molecule has 38 heavy (non-hydrogen) atoms. The van der Waals surface area contributed by atoms with Crippen LogP contribution in [0.4, 0.5) is 30.2 Å². The number of phenolic OH excluding ortho intramolecular Hbond substituents is 1. The third kappa shape index (κ3) is 4.43. The molecule has 0 aromatic heterocycles. The van der Waals surface area contributed by atoms with Gasteiger partial charge >= 0.3 is 12.1 Å². The van der Waals surface area contributed by atoms with Gasteiger partial charge in [-0.05, 0) is 54.1 Å². The number of benzene rings is 4. The molecule has 0 atom stereocenters. The standard InChI is InChI=1S/C28H18F3N3O4/c29-28(30,31)18-12-14-19(15-13-18)34-23-7-2-1-4-21(23)24(26(34)36)33-32-22-6-3-5-20(25(22)35)16-8-10-17(11-9-16)27(37)38/h1-15,32,35H,(H,37,38). The zero-order valence-corrected chi connectivity index (χ0v) is 19.4. The summed E-state index contributed by atoms with van der Waals surface area (Å²) in [7, 11) is 0. The van der Waals surface area contributed by atoms with Crippen LogP contribution in [0, 0.1) is 0 Å². The molecule has 7 nitrogen and oxygen atoms in total. The van der Waals surface area contributed by atoms with Gasteiger partial charge in [0.15, 0.2) is 5.71 Å². The van der Waals surface area contributed by atoms with Crippen LogP contribution in [0.1, 0.15) is 21.5 Å². The van der Waals surface area contributed by atoms with Gasteiger partial charge in [-0.2, -0.15) is 18.3 Å². The molecule has 0 fully saturated rings. The number of nitrogens with zero attached hydrogens (tertiary/aromatic N) is 2. The number of hydrazone groups is 1. The lowest BCUT2D eigenvalue weighted by Gasteiger charge is -2.17. The van der Waals surface area contributed by atoms with E-state index in [1.807, 2.05) is 0 Å². The molecule has 0 unspecified atom stereocenters. The lowest BCUT2D eigenvalue weighted by molar-refractivity contribution is -0.137. The number of hydrogen-bond acceptors (Lipinski definition) is 5. The molecule has 0 saturated heterocycles. The highest BCUT2D eigenvalue weighted by Gasteiger charge is 2.36. The summed E-state index contributed by atoms with van der Waals surface area (Å²) in [6.07, 6.45) is -4.50. The number of carbonyl (C=O) groups is 2. The summed E-state index contributed by atoms with van der Waals surface area (Å²) >= 11 is 0. The zero-order chi connectivity index (χ0) is 27.0. The summed E-state index contributed by atoms with van der Waals surface area (Å²) in [6.45, 7) is 0. The Kier molecular flexibility index (Phi) is 6.08. The van der Waals surface area contributed by atoms with Gasteiger partial charge in [0.05, 0.1) is 22.5 Å². The number of carboxylic acid groups (broad SMARTS) is 1. The quantitative estimate of drug-likeness (QED) is 0.214. The van der Waals surface area contributed by atoms with Gasteiger partial charge in [-0.3, -0.25) is 15.1 Å². The van der Waals surface area contributed by atoms with Crippen molar-refractivity contribution in [3.05, 3.63) is 108 Å². The zero-order valence-electron chi connectivity index (χ0n) is 19.4. The van der Waals surface area contributed by atoms with Crippen LogP contribution < -0.4 is 10.3 Å². The van der Waals surface area contributed by atoms with Gasteiger partial charge in [0.2, 0.25) is 0 Å². The maximum absolute atomic E-state index is 13.3. The van der Waals surface area contributed by atoms with Crippen molar-refractivity contribution in [3.63, 3.8) is 0 Å². The van der Waals surface area contributed by atoms with Crippen molar-refractivity contribution < 1.29 is 33.0 Å². The number of nitrogens with one attached hydrogen (secondary N) is 1. The molecule has 3 N–H and O–H groups in total. The van der Waals surface area contributed by atoms with Crippen molar-refractivity contribution in [3.8, 4) is 16.9 Å². The minimum Gasteiger partial charge on any atom is -0.505 e. The minimum absolute atomic E-state index is 0.0103. The Bertz CT molecular complexity index is 1580. The fourth-order valence-electron chi connectivity index (χ4n) is 4.14. The Morgan fingerprint density at radius 2 is 1.50 bits per heavy atom. The van der Waals surface area contributed by atoms with Crippen molar-refractivity contribution in [2.45, 2.75) is 6.18 Å². The number of phenols is 1. The number of amides is 1. The van der Waals surface area contributed by atoms with E-state index >= 15 is 0 Å². The number of alkyl halides is 3. The maximum Gasteiger partial charge on any atom is 0.416 e. The summed E-state index contributed by atoms with van der Waals surface area (Å²) in [5.41, 5.74) is 4.33. The Labute approximate surface area is 214 Å². The molecule has 1 heterocycles. The summed E-state index contributed by atoms with van der Waals surface area (Å²) in [4.78, 5) is 25.7. The van der Waals surface area contributed by atoms with Crippen LogP contribution in [0.25, 0.3) is 11.1 Å². The van der Waals surface area contributed by atoms with Crippen LogP contribution in [0.3, 0.4) is 0 Å². The number of halogens is 3. The number of para-hydroxylation sites is 2. The third-order valence-corrected chi connectivity index (χ3v) is 6.03. The lowest BCUT2D eigenvalue weighted by atomic mass is 10.0. The van der Waals surface area contributed by atoms with Gasteiger partial charge in [0.25, 0.3) is 5.91 Å². The van der Waals surface area contributed by atoms with E-state index in [2.05, 4.69) is 10.5 Å².